The molecule has 1 heterocycles. The Balaban J connectivity index is 2.89. The third-order valence-electron chi connectivity index (χ3n) is 4.13. The number of amides is 1. The molecule has 0 bridgehead atoms. The maximum absolute atomic E-state index is 12.4. The van der Waals surface area contributed by atoms with Crippen molar-refractivity contribution in [3.8, 4) is 0 Å². The zero-order valence-corrected chi connectivity index (χ0v) is 14.9. The number of hydrogen-bond donors (Lipinski definition) is 2. The summed E-state index contributed by atoms with van der Waals surface area (Å²) in [7, 11) is -1.22. The number of nitrogens with one attached hydrogen (secondary N) is 1. The maximum atomic E-state index is 12.4. The van der Waals surface area contributed by atoms with Crippen molar-refractivity contribution in [2.45, 2.75) is 27.7 Å². The number of carbonyl (C=O) groups is 2. The number of thiophene rings is 1. The Labute approximate surface area is 131 Å². The lowest BCUT2D eigenvalue weighted by atomic mass is 10.2. The summed E-state index contributed by atoms with van der Waals surface area (Å²) in [5.74, 6) is -0.353. The number of anilines is 1. The van der Waals surface area contributed by atoms with E-state index in [1.807, 2.05) is 12.3 Å². The summed E-state index contributed by atoms with van der Waals surface area (Å²) in [6, 6.07) is 0. The molecule has 1 rings (SSSR count). The molecule has 0 aromatic carbocycles. The van der Waals surface area contributed by atoms with Crippen LogP contribution in [0.4, 0.5) is 5.69 Å². The van der Waals surface area contributed by atoms with E-state index >= 15 is 0 Å². The van der Waals surface area contributed by atoms with Crippen molar-refractivity contribution >= 4 is 36.0 Å². The predicted molar refractivity (Wildman–Crippen MR) is 92.5 cm³/mol. The zero-order valence-electron chi connectivity index (χ0n) is 13.2. The first-order chi connectivity index (χ1) is 9.92. The largest absolute Gasteiger partial charge is 0.388 e. The monoisotopic (exact) mass is 330 g/mol. The summed E-state index contributed by atoms with van der Waals surface area (Å²) in [6.45, 7) is 7.81. The van der Waals surface area contributed by atoms with E-state index < -0.39 is 13.9 Å². The molecule has 21 heavy (non-hydrogen) atoms. The van der Waals surface area contributed by atoms with E-state index in [1.54, 1.807) is 0 Å². The Bertz CT molecular complexity index is 501. The van der Waals surface area contributed by atoms with Gasteiger partial charge in [0.25, 0.3) is 5.91 Å². The Morgan fingerprint density at radius 1 is 1.24 bits per heavy atom. The molecular formula is C15H25NO3PS+. The van der Waals surface area contributed by atoms with Crippen LogP contribution in [0.1, 0.15) is 36.0 Å². The highest BCUT2D eigenvalue weighted by Crippen LogP contribution is 2.57. The summed E-state index contributed by atoms with van der Waals surface area (Å²) < 4.78 is 0. The minimum absolute atomic E-state index is 0.0117. The molecule has 2 N–H and O–H groups in total. The molecule has 0 spiro atoms. The van der Waals surface area contributed by atoms with Crippen molar-refractivity contribution in [1.29, 1.82) is 0 Å². The number of hydrogen-bond acceptors (Lipinski definition) is 4. The highest BCUT2D eigenvalue weighted by atomic mass is 32.1. The summed E-state index contributed by atoms with van der Waals surface area (Å²) in [4.78, 5) is 24.5. The number of Topliss-reactive ketones (excluding diaryl/α,β-unsaturated/α-hetero) is 1. The fourth-order valence-electron chi connectivity index (χ4n) is 2.37. The summed E-state index contributed by atoms with van der Waals surface area (Å²) in [6.07, 6.45) is 3.77. The normalized spacial score (nSPS) is 11.5. The lowest BCUT2D eigenvalue weighted by Gasteiger charge is -2.22. The second-order valence-electron chi connectivity index (χ2n) is 5.20. The number of aliphatic hydroxyl groups excluding tert-OH is 1. The lowest BCUT2D eigenvalue weighted by molar-refractivity contribution is -0.113. The molecule has 0 radical (unpaired) electrons. The molecule has 0 unspecified atom stereocenters. The molecule has 0 aliphatic carbocycles. The number of carbonyl (C=O) groups excluding carboxylic acids is 2. The van der Waals surface area contributed by atoms with Crippen LogP contribution in [0.25, 0.3) is 0 Å². The van der Waals surface area contributed by atoms with Gasteiger partial charge in [0.15, 0.2) is 5.78 Å². The van der Waals surface area contributed by atoms with E-state index in [-0.39, 0.29) is 11.7 Å². The second kappa shape index (κ2) is 8.02. The zero-order chi connectivity index (χ0) is 16.0. The first-order valence-corrected chi connectivity index (χ1v) is 10.7. The number of ketones is 1. The number of rotatable bonds is 8. The molecule has 6 heteroatoms. The highest BCUT2D eigenvalue weighted by molar-refractivity contribution is 7.76. The van der Waals surface area contributed by atoms with Gasteiger partial charge in [0.05, 0.1) is 29.1 Å². The summed E-state index contributed by atoms with van der Waals surface area (Å²) in [5, 5.41) is 13.7. The first-order valence-electron chi connectivity index (χ1n) is 7.30. The Morgan fingerprint density at radius 3 is 2.29 bits per heavy atom. The Morgan fingerprint density at radius 2 is 1.81 bits per heavy atom. The molecular weight excluding hydrogens is 305 g/mol. The molecule has 0 saturated carbocycles. The van der Waals surface area contributed by atoms with Crippen LogP contribution in [0, 0.1) is 6.92 Å². The molecule has 0 atom stereocenters. The molecule has 0 saturated heterocycles. The van der Waals surface area contributed by atoms with Gasteiger partial charge in [0.2, 0.25) is 0 Å². The van der Waals surface area contributed by atoms with E-state index in [2.05, 4.69) is 26.1 Å². The molecule has 0 aliphatic rings. The summed E-state index contributed by atoms with van der Waals surface area (Å²) >= 11 is 1.27. The molecule has 1 aromatic rings. The smallest absolute Gasteiger partial charge is 0.261 e. The average Bonchev–Trinajstić information content (AvgIpc) is 2.85. The van der Waals surface area contributed by atoms with E-state index in [0.29, 0.717) is 16.7 Å². The van der Waals surface area contributed by atoms with Crippen LogP contribution in [0.3, 0.4) is 0 Å². The predicted octanol–water partition coefficient (Wildman–Crippen LogP) is 3.25. The lowest BCUT2D eigenvalue weighted by Crippen LogP contribution is -2.23. The van der Waals surface area contributed by atoms with Gasteiger partial charge in [0.1, 0.15) is 12.8 Å². The highest BCUT2D eigenvalue weighted by Gasteiger charge is 2.34. The van der Waals surface area contributed by atoms with Gasteiger partial charge in [-0.1, -0.05) is 0 Å². The minimum atomic E-state index is -1.22. The second-order valence-corrected chi connectivity index (χ2v) is 11.0. The SMILES string of the molecule is CC[P+](CC)(CC)CC(=O)Nc1c(C)csc1C(=O)CO. The van der Waals surface area contributed by atoms with Crippen LogP contribution in [0.15, 0.2) is 5.38 Å². The van der Waals surface area contributed by atoms with Crippen molar-refractivity contribution in [3.63, 3.8) is 0 Å². The molecule has 0 fully saturated rings. The van der Waals surface area contributed by atoms with Crippen LogP contribution in [-0.2, 0) is 4.79 Å². The van der Waals surface area contributed by atoms with Gasteiger partial charge in [-0.15, -0.1) is 11.3 Å². The average molecular weight is 330 g/mol. The molecule has 0 aliphatic heterocycles. The van der Waals surface area contributed by atoms with E-state index in [0.717, 1.165) is 24.0 Å². The topological polar surface area (TPSA) is 66.4 Å². The van der Waals surface area contributed by atoms with E-state index in [1.165, 1.54) is 11.3 Å². The van der Waals surface area contributed by atoms with Crippen LogP contribution in [-0.4, -0.2) is 48.1 Å². The van der Waals surface area contributed by atoms with Crippen LogP contribution >= 0.6 is 18.6 Å². The maximum Gasteiger partial charge on any atom is 0.261 e. The third kappa shape index (κ3) is 4.35. The van der Waals surface area contributed by atoms with E-state index in [9.17, 15) is 9.59 Å². The van der Waals surface area contributed by atoms with E-state index in [4.69, 9.17) is 5.11 Å². The quantitative estimate of drug-likeness (QED) is 0.568. The van der Waals surface area contributed by atoms with Gasteiger partial charge in [-0.2, -0.15) is 0 Å². The molecule has 1 amide bonds. The van der Waals surface area contributed by atoms with Crippen LogP contribution in [0.5, 0.6) is 0 Å². The minimum Gasteiger partial charge on any atom is -0.388 e. The molecule has 118 valence electrons. The number of aryl methyl sites for hydroxylation is 1. The van der Waals surface area contributed by atoms with Crippen molar-refractivity contribution < 1.29 is 14.7 Å². The molecule has 1 aromatic heterocycles. The molecule has 4 nitrogen and oxygen atoms in total. The third-order valence-corrected chi connectivity index (χ3v) is 10.2. The Hall–Kier alpha value is -0.770. The van der Waals surface area contributed by atoms with Crippen LogP contribution < -0.4 is 5.32 Å². The van der Waals surface area contributed by atoms with Crippen molar-refractivity contribution in [3.05, 3.63) is 15.8 Å². The Kier molecular flexibility index (Phi) is 6.98. The van der Waals surface area contributed by atoms with Gasteiger partial charge >= 0.3 is 0 Å². The van der Waals surface area contributed by atoms with Gasteiger partial charge in [0, 0.05) is 7.26 Å². The fraction of sp³-hybridized carbons (Fsp3) is 0.600. The van der Waals surface area contributed by atoms with Gasteiger partial charge in [-0.3, -0.25) is 9.59 Å². The van der Waals surface area contributed by atoms with Crippen LogP contribution in [0.2, 0.25) is 0 Å². The number of aliphatic hydroxyl groups is 1. The van der Waals surface area contributed by atoms with Gasteiger partial charge in [-0.05, 0) is 38.6 Å². The summed E-state index contributed by atoms with van der Waals surface area (Å²) in [5.41, 5.74) is 1.45. The van der Waals surface area contributed by atoms with Gasteiger partial charge in [-0.25, -0.2) is 0 Å². The van der Waals surface area contributed by atoms with Gasteiger partial charge < -0.3 is 10.4 Å². The van der Waals surface area contributed by atoms with Crippen molar-refractivity contribution in [1.82, 2.24) is 0 Å². The van der Waals surface area contributed by atoms with Crippen molar-refractivity contribution in [2.75, 3.05) is 36.6 Å². The standard InChI is InChI=1S/C15H24NO3PS/c1-5-20(6-2,7-3)9-13(19)16-14-11(4)10-21-15(14)12(18)8-17/h10,17H,5-9H2,1-4H3/p+1. The van der Waals surface area contributed by atoms with Crippen molar-refractivity contribution in [2.24, 2.45) is 0 Å². The first kappa shape index (κ1) is 18.3. The fourth-order valence-corrected chi connectivity index (χ4v) is 6.01.